The van der Waals surface area contributed by atoms with Crippen LogP contribution in [0.2, 0.25) is 0 Å². The number of hydrogen-bond acceptors (Lipinski definition) is 3. The molecule has 160 valence electrons. The van der Waals surface area contributed by atoms with Crippen LogP contribution in [-0.2, 0) is 0 Å². The maximum atomic E-state index is 13.9. The number of nitrogens with zero attached hydrogens (tertiary/aromatic N) is 2. The van der Waals surface area contributed by atoms with Gasteiger partial charge in [-0.1, -0.05) is 39.0 Å². The van der Waals surface area contributed by atoms with E-state index in [4.69, 9.17) is 9.72 Å². The summed E-state index contributed by atoms with van der Waals surface area (Å²) in [5.41, 5.74) is 3.90. The lowest BCUT2D eigenvalue weighted by atomic mass is 9.65. The summed E-state index contributed by atoms with van der Waals surface area (Å²) in [4.78, 5) is 20.9. The summed E-state index contributed by atoms with van der Waals surface area (Å²) in [5.74, 6) is 0.945. The fourth-order valence-electron chi connectivity index (χ4n) is 6.11. The highest BCUT2D eigenvalue weighted by molar-refractivity contribution is 6.07. The molecule has 2 aromatic carbocycles. The molecule has 2 fully saturated rings. The van der Waals surface area contributed by atoms with Gasteiger partial charge in [0.05, 0.1) is 23.9 Å². The zero-order valence-electron chi connectivity index (χ0n) is 18.8. The lowest BCUT2D eigenvalue weighted by molar-refractivity contribution is 0.0710. The topological polar surface area (TPSA) is 42.4 Å². The van der Waals surface area contributed by atoms with Crippen LogP contribution in [0.15, 0.2) is 54.6 Å². The van der Waals surface area contributed by atoms with E-state index in [0.717, 1.165) is 52.9 Å². The Balaban J connectivity index is 1.58. The molecule has 1 amide bonds. The van der Waals surface area contributed by atoms with E-state index in [1.54, 1.807) is 7.11 Å². The van der Waals surface area contributed by atoms with E-state index in [2.05, 4.69) is 25.7 Å². The molecule has 0 unspecified atom stereocenters. The number of amides is 1. The van der Waals surface area contributed by atoms with Crippen LogP contribution in [0, 0.1) is 10.8 Å². The van der Waals surface area contributed by atoms with Gasteiger partial charge in [0.2, 0.25) is 0 Å². The number of fused-ring (bicyclic) bond motifs is 3. The van der Waals surface area contributed by atoms with Crippen molar-refractivity contribution in [3.8, 4) is 17.0 Å². The largest absolute Gasteiger partial charge is 0.497 e. The van der Waals surface area contributed by atoms with Gasteiger partial charge in [0, 0.05) is 23.5 Å². The number of para-hydroxylation sites is 1. The standard InChI is InChI=1S/C27H30N2O2/c1-26(2)14-19-15-27(3,16-26)17-29(19)25(30)22-13-24(18-9-11-20(31-4)12-10-18)28-23-8-6-5-7-21(22)23/h5-13,19H,14-17H2,1-4H3/t19-,27-/m0/s1. The Morgan fingerprint density at radius 3 is 2.55 bits per heavy atom. The molecule has 2 heterocycles. The lowest BCUT2D eigenvalue weighted by Crippen LogP contribution is -2.37. The first-order valence-electron chi connectivity index (χ1n) is 11.1. The molecule has 2 atom stereocenters. The van der Waals surface area contributed by atoms with E-state index in [-0.39, 0.29) is 16.7 Å². The first-order valence-corrected chi connectivity index (χ1v) is 11.1. The maximum Gasteiger partial charge on any atom is 0.254 e. The van der Waals surface area contributed by atoms with E-state index in [0.29, 0.717) is 6.04 Å². The smallest absolute Gasteiger partial charge is 0.254 e. The predicted molar refractivity (Wildman–Crippen MR) is 124 cm³/mol. The van der Waals surface area contributed by atoms with Crippen molar-refractivity contribution in [3.63, 3.8) is 0 Å². The van der Waals surface area contributed by atoms with Crippen LogP contribution in [0.3, 0.4) is 0 Å². The molecule has 2 bridgehead atoms. The van der Waals surface area contributed by atoms with E-state index >= 15 is 0 Å². The van der Waals surface area contributed by atoms with Crippen LogP contribution < -0.4 is 4.74 Å². The number of carbonyl (C=O) groups excluding carboxylic acids is 1. The molecule has 1 aliphatic heterocycles. The highest BCUT2D eigenvalue weighted by atomic mass is 16.5. The molecule has 1 saturated carbocycles. The normalized spacial score (nSPS) is 24.4. The lowest BCUT2D eigenvalue weighted by Gasteiger charge is -2.39. The number of rotatable bonds is 3. The molecular weight excluding hydrogens is 384 g/mol. The minimum atomic E-state index is 0.139. The van der Waals surface area contributed by atoms with Gasteiger partial charge in [0.25, 0.3) is 5.91 Å². The summed E-state index contributed by atoms with van der Waals surface area (Å²) in [7, 11) is 1.66. The Morgan fingerprint density at radius 2 is 1.81 bits per heavy atom. The van der Waals surface area contributed by atoms with Crippen molar-refractivity contribution >= 4 is 16.8 Å². The molecule has 0 N–H and O–H groups in total. The van der Waals surface area contributed by atoms with Gasteiger partial charge < -0.3 is 9.64 Å². The number of carbonyl (C=O) groups is 1. The zero-order chi connectivity index (χ0) is 21.8. The Labute approximate surface area is 184 Å². The van der Waals surface area contributed by atoms with Crippen molar-refractivity contribution in [2.45, 2.75) is 46.1 Å². The van der Waals surface area contributed by atoms with Crippen molar-refractivity contribution in [1.82, 2.24) is 9.88 Å². The van der Waals surface area contributed by atoms with Crippen molar-refractivity contribution in [3.05, 3.63) is 60.2 Å². The molecule has 31 heavy (non-hydrogen) atoms. The average molecular weight is 415 g/mol. The van der Waals surface area contributed by atoms with Crippen LogP contribution in [0.1, 0.15) is 50.4 Å². The van der Waals surface area contributed by atoms with E-state index in [1.165, 1.54) is 6.42 Å². The zero-order valence-corrected chi connectivity index (χ0v) is 18.8. The van der Waals surface area contributed by atoms with Gasteiger partial charge in [0.15, 0.2) is 0 Å². The second kappa shape index (κ2) is 7.08. The van der Waals surface area contributed by atoms with Gasteiger partial charge in [0.1, 0.15) is 5.75 Å². The molecule has 4 nitrogen and oxygen atoms in total. The maximum absolute atomic E-state index is 13.9. The number of likely N-dealkylation sites (tertiary alicyclic amines) is 1. The summed E-state index contributed by atoms with van der Waals surface area (Å²) in [5, 5.41) is 0.927. The first-order chi connectivity index (χ1) is 14.8. The van der Waals surface area contributed by atoms with Gasteiger partial charge in [-0.3, -0.25) is 4.79 Å². The summed E-state index contributed by atoms with van der Waals surface area (Å²) < 4.78 is 5.29. The fourth-order valence-corrected chi connectivity index (χ4v) is 6.11. The predicted octanol–water partition coefficient (Wildman–Crippen LogP) is 5.95. The van der Waals surface area contributed by atoms with Gasteiger partial charge >= 0.3 is 0 Å². The molecular formula is C27H30N2O2. The van der Waals surface area contributed by atoms with Crippen LogP contribution in [-0.4, -0.2) is 35.5 Å². The molecule has 2 aliphatic rings. The van der Waals surface area contributed by atoms with Gasteiger partial charge in [-0.15, -0.1) is 0 Å². The average Bonchev–Trinajstić information content (AvgIpc) is 3.01. The highest BCUT2D eigenvalue weighted by Crippen LogP contribution is 2.52. The van der Waals surface area contributed by atoms with E-state index in [9.17, 15) is 4.79 Å². The number of benzene rings is 2. The first kappa shape index (κ1) is 20.0. The van der Waals surface area contributed by atoms with Gasteiger partial charge in [-0.25, -0.2) is 4.98 Å². The molecule has 1 saturated heterocycles. The van der Waals surface area contributed by atoms with Gasteiger partial charge in [-0.2, -0.15) is 0 Å². The second-order valence-electron chi connectivity index (χ2n) is 10.4. The number of aromatic nitrogens is 1. The van der Waals surface area contributed by atoms with Crippen LogP contribution >= 0.6 is 0 Å². The van der Waals surface area contributed by atoms with Crippen LogP contribution in [0.25, 0.3) is 22.2 Å². The van der Waals surface area contributed by atoms with E-state index in [1.807, 2.05) is 54.6 Å². The summed E-state index contributed by atoms with van der Waals surface area (Å²) in [6.07, 6.45) is 3.35. The fraction of sp³-hybridized carbons (Fsp3) is 0.407. The third-order valence-corrected chi connectivity index (χ3v) is 7.01. The molecule has 5 rings (SSSR count). The number of methoxy groups -OCH3 is 1. The van der Waals surface area contributed by atoms with E-state index < -0.39 is 0 Å². The monoisotopic (exact) mass is 414 g/mol. The summed E-state index contributed by atoms with van der Waals surface area (Å²) >= 11 is 0. The molecule has 1 aromatic heterocycles. The molecule has 1 aliphatic carbocycles. The highest BCUT2D eigenvalue weighted by Gasteiger charge is 2.51. The second-order valence-corrected chi connectivity index (χ2v) is 10.4. The van der Waals surface area contributed by atoms with Crippen LogP contribution in [0.4, 0.5) is 0 Å². The van der Waals surface area contributed by atoms with Crippen molar-refractivity contribution in [1.29, 1.82) is 0 Å². The Kier molecular flexibility index (Phi) is 4.58. The summed E-state index contributed by atoms with van der Waals surface area (Å²) in [6, 6.07) is 18.1. The van der Waals surface area contributed by atoms with Gasteiger partial charge in [-0.05, 0) is 66.5 Å². The van der Waals surface area contributed by atoms with Crippen molar-refractivity contribution < 1.29 is 9.53 Å². The quantitative estimate of drug-likeness (QED) is 0.532. The number of pyridine rings is 1. The summed E-state index contributed by atoms with van der Waals surface area (Å²) in [6.45, 7) is 7.88. The number of hydrogen-bond donors (Lipinski definition) is 0. The van der Waals surface area contributed by atoms with Crippen molar-refractivity contribution in [2.24, 2.45) is 10.8 Å². The SMILES string of the molecule is COc1ccc(-c2cc(C(=O)N3C[C@@]4(C)C[C@@H]3CC(C)(C)C4)c3ccccc3n2)cc1. The molecule has 0 radical (unpaired) electrons. The Morgan fingerprint density at radius 1 is 1.06 bits per heavy atom. The Hall–Kier alpha value is -2.88. The molecule has 4 heteroatoms. The third kappa shape index (κ3) is 3.58. The minimum absolute atomic E-state index is 0.139. The number of ether oxygens (including phenoxy) is 1. The minimum Gasteiger partial charge on any atom is -0.497 e. The molecule has 0 spiro atoms. The Bertz CT molecular complexity index is 1150. The third-order valence-electron chi connectivity index (χ3n) is 7.01. The molecule has 3 aromatic rings. The van der Waals surface area contributed by atoms with Crippen LogP contribution in [0.5, 0.6) is 5.75 Å². The van der Waals surface area contributed by atoms with Crippen molar-refractivity contribution in [2.75, 3.05) is 13.7 Å².